The zero-order chi connectivity index (χ0) is 17.9. The molecule has 2 aliphatic carbocycles. The average Bonchev–Trinajstić information content (AvgIpc) is 3.45. The van der Waals surface area contributed by atoms with E-state index < -0.39 is 0 Å². The molecule has 2 saturated carbocycles. The fourth-order valence-electron chi connectivity index (χ4n) is 4.11. The number of hydrogen-bond donors (Lipinski definition) is 3. The normalized spacial score (nSPS) is 19.8. The quantitative estimate of drug-likeness (QED) is 0.493. The summed E-state index contributed by atoms with van der Waals surface area (Å²) in [7, 11) is 0. The first-order valence-corrected chi connectivity index (χ1v) is 9.89. The molecule has 0 unspecified atom stereocenters. The molecule has 0 aromatic carbocycles. The summed E-state index contributed by atoms with van der Waals surface area (Å²) in [4.78, 5) is 0. The predicted octanol–water partition coefficient (Wildman–Crippen LogP) is 1.96. The number of aromatic amines is 2. The molecule has 9 nitrogen and oxygen atoms in total. The standard InChI is InChI=1S/C17H28N8O/c26-13(5-1-3-7-16(9-10-16)14-18-22-23-19-14)6-2-4-8-17(11-12-17)15-20-24-25-21-15/h13,26H,1-12H2,(H,18,19,22,23)(H,20,21,24,25). The second-order valence-corrected chi connectivity index (χ2v) is 8.21. The van der Waals surface area contributed by atoms with Crippen LogP contribution in [0.4, 0.5) is 0 Å². The van der Waals surface area contributed by atoms with Gasteiger partial charge in [-0.1, -0.05) is 25.7 Å². The zero-order valence-electron chi connectivity index (χ0n) is 15.2. The number of rotatable bonds is 12. The minimum absolute atomic E-state index is 0.181. The topological polar surface area (TPSA) is 129 Å². The molecule has 0 bridgehead atoms. The Morgan fingerprint density at radius 1 is 0.769 bits per heavy atom. The minimum Gasteiger partial charge on any atom is -0.393 e. The maximum Gasteiger partial charge on any atom is 0.154 e. The van der Waals surface area contributed by atoms with E-state index in [1.807, 2.05) is 0 Å². The van der Waals surface area contributed by atoms with Gasteiger partial charge in [-0.2, -0.15) is 0 Å². The van der Waals surface area contributed by atoms with Gasteiger partial charge in [-0.15, -0.1) is 10.2 Å². The number of H-pyrrole nitrogens is 2. The number of unbranched alkanes of at least 4 members (excludes halogenated alkanes) is 2. The third-order valence-corrected chi connectivity index (χ3v) is 6.29. The van der Waals surface area contributed by atoms with Gasteiger partial charge in [-0.05, 0) is 72.2 Å². The number of aromatic nitrogens is 8. The number of nitrogens with zero attached hydrogens (tertiary/aromatic N) is 6. The molecule has 0 atom stereocenters. The molecule has 4 rings (SSSR count). The van der Waals surface area contributed by atoms with E-state index in [-0.39, 0.29) is 16.9 Å². The molecule has 0 aliphatic heterocycles. The van der Waals surface area contributed by atoms with Crippen LogP contribution in [0.3, 0.4) is 0 Å². The molecule has 0 amide bonds. The maximum absolute atomic E-state index is 10.2. The Balaban J connectivity index is 1.07. The number of aliphatic hydroxyl groups is 1. The molecular weight excluding hydrogens is 332 g/mol. The lowest BCUT2D eigenvalue weighted by molar-refractivity contribution is 0.146. The summed E-state index contributed by atoms with van der Waals surface area (Å²) in [6, 6.07) is 0. The van der Waals surface area contributed by atoms with Gasteiger partial charge in [0.2, 0.25) is 0 Å². The van der Waals surface area contributed by atoms with Crippen LogP contribution in [0.5, 0.6) is 0 Å². The van der Waals surface area contributed by atoms with Crippen molar-refractivity contribution in [2.75, 3.05) is 0 Å². The van der Waals surface area contributed by atoms with E-state index in [1.165, 1.54) is 25.7 Å². The lowest BCUT2D eigenvalue weighted by atomic mass is 9.94. The Kier molecular flexibility index (Phi) is 4.97. The second-order valence-electron chi connectivity index (χ2n) is 8.21. The molecule has 9 heteroatoms. The summed E-state index contributed by atoms with van der Waals surface area (Å²) in [5, 5.41) is 39.0. The van der Waals surface area contributed by atoms with Crippen molar-refractivity contribution in [1.29, 1.82) is 0 Å². The monoisotopic (exact) mass is 360 g/mol. The molecule has 2 aromatic heterocycles. The van der Waals surface area contributed by atoms with Crippen molar-refractivity contribution in [3.8, 4) is 0 Å². The summed E-state index contributed by atoms with van der Waals surface area (Å²) in [6.45, 7) is 0. The van der Waals surface area contributed by atoms with Crippen LogP contribution >= 0.6 is 0 Å². The van der Waals surface area contributed by atoms with Gasteiger partial charge in [0.25, 0.3) is 0 Å². The van der Waals surface area contributed by atoms with E-state index >= 15 is 0 Å². The Morgan fingerprint density at radius 3 is 1.58 bits per heavy atom. The third-order valence-electron chi connectivity index (χ3n) is 6.29. The fraction of sp³-hybridized carbons (Fsp3) is 0.882. The Labute approximate surface area is 152 Å². The largest absolute Gasteiger partial charge is 0.393 e. The summed E-state index contributed by atoms with van der Waals surface area (Å²) >= 11 is 0. The highest BCUT2D eigenvalue weighted by Crippen LogP contribution is 2.51. The van der Waals surface area contributed by atoms with Gasteiger partial charge in [0.05, 0.1) is 6.10 Å². The van der Waals surface area contributed by atoms with Crippen molar-refractivity contribution in [3.63, 3.8) is 0 Å². The van der Waals surface area contributed by atoms with Gasteiger partial charge < -0.3 is 5.11 Å². The van der Waals surface area contributed by atoms with E-state index in [1.54, 1.807) is 0 Å². The van der Waals surface area contributed by atoms with Gasteiger partial charge >= 0.3 is 0 Å². The van der Waals surface area contributed by atoms with Crippen molar-refractivity contribution in [2.45, 2.75) is 94.0 Å². The van der Waals surface area contributed by atoms with E-state index in [4.69, 9.17) is 0 Å². The minimum atomic E-state index is -0.181. The van der Waals surface area contributed by atoms with Crippen molar-refractivity contribution in [1.82, 2.24) is 41.2 Å². The zero-order valence-corrected chi connectivity index (χ0v) is 15.2. The SMILES string of the molecule is OC(CCCCC1(c2nnn[nH]2)CC1)CCCCC1(c2nnn[nH]2)CC1. The third kappa shape index (κ3) is 3.92. The van der Waals surface area contributed by atoms with Crippen LogP contribution in [0.15, 0.2) is 0 Å². The van der Waals surface area contributed by atoms with Crippen LogP contribution < -0.4 is 0 Å². The molecule has 2 fully saturated rings. The van der Waals surface area contributed by atoms with Crippen LogP contribution in [0.2, 0.25) is 0 Å². The van der Waals surface area contributed by atoms with Gasteiger partial charge in [-0.25, -0.2) is 10.2 Å². The van der Waals surface area contributed by atoms with Crippen molar-refractivity contribution < 1.29 is 5.11 Å². The maximum atomic E-state index is 10.2. The molecule has 2 aliphatic rings. The summed E-state index contributed by atoms with van der Waals surface area (Å²) in [5.41, 5.74) is 0.394. The smallest absolute Gasteiger partial charge is 0.154 e. The van der Waals surface area contributed by atoms with Crippen molar-refractivity contribution in [2.24, 2.45) is 0 Å². The molecular formula is C17H28N8O. The van der Waals surface area contributed by atoms with Crippen LogP contribution in [-0.2, 0) is 10.8 Å². The first-order valence-electron chi connectivity index (χ1n) is 9.89. The van der Waals surface area contributed by atoms with Crippen molar-refractivity contribution >= 4 is 0 Å². The first kappa shape index (κ1) is 17.5. The van der Waals surface area contributed by atoms with E-state index in [0.29, 0.717) is 0 Å². The van der Waals surface area contributed by atoms with Gasteiger partial charge in [-0.3, -0.25) is 0 Å². The van der Waals surface area contributed by atoms with E-state index in [0.717, 1.165) is 63.0 Å². The first-order chi connectivity index (χ1) is 12.7. The van der Waals surface area contributed by atoms with Crippen molar-refractivity contribution in [3.05, 3.63) is 11.6 Å². The molecule has 142 valence electrons. The van der Waals surface area contributed by atoms with Gasteiger partial charge in [0.1, 0.15) is 0 Å². The van der Waals surface area contributed by atoms with Crippen LogP contribution in [0, 0.1) is 0 Å². The summed E-state index contributed by atoms with van der Waals surface area (Å²) in [6.07, 6.45) is 12.9. The van der Waals surface area contributed by atoms with Gasteiger partial charge in [0, 0.05) is 10.8 Å². The average molecular weight is 360 g/mol. The molecule has 0 spiro atoms. The van der Waals surface area contributed by atoms with E-state index in [9.17, 15) is 5.11 Å². The van der Waals surface area contributed by atoms with E-state index in [2.05, 4.69) is 41.2 Å². The number of hydrogen-bond acceptors (Lipinski definition) is 7. The summed E-state index contributed by atoms with van der Waals surface area (Å²) in [5.74, 6) is 1.88. The summed E-state index contributed by atoms with van der Waals surface area (Å²) < 4.78 is 0. The lowest BCUT2D eigenvalue weighted by Gasteiger charge is -2.14. The second kappa shape index (κ2) is 7.38. The lowest BCUT2D eigenvalue weighted by Crippen LogP contribution is -2.11. The number of aliphatic hydroxyl groups excluding tert-OH is 1. The molecule has 0 radical (unpaired) electrons. The highest BCUT2D eigenvalue weighted by molar-refractivity contribution is 5.15. The van der Waals surface area contributed by atoms with Gasteiger partial charge in [0.15, 0.2) is 11.6 Å². The molecule has 26 heavy (non-hydrogen) atoms. The number of tetrazole rings is 2. The predicted molar refractivity (Wildman–Crippen MR) is 93.1 cm³/mol. The van der Waals surface area contributed by atoms with Crippen LogP contribution in [0.25, 0.3) is 0 Å². The van der Waals surface area contributed by atoms with Crippen LogP contribution in [0.1, 0.15) is 88.7 Å². The molecule has 2 heterocycles. The molecule has 0 saturated heterocycles. The molecule has 3 N–H and O–H groups in total. The Morgan fingerprint density at radius 2 is 1.23 bits per heavy atom. The number of nitrogens with one attached hydrogen (secondary N) is 2. The molecule has 2 aromatic rings. The highest BCUT2D eigenvalue weighted by Gasteiger charge is 2.47. The Bertz CT molecular complexity index is 605. The highest BCUT2D eigenvalue weighted by atomic mass is 16.3. The fourth-order valence-corrected chi connectivity index (χ4v) is 4.11. The van der Waals surface area contributed by atoms with Crippen LogP contribution in [-0.4, -0.2) is 52.5 Å². The Hall–Kier alpha value is -1.90.